The van der Waals surface area contributed by atoms with Gasteiger partial charge in [0.05, 0.1) is 20.8 Å². The number of nitro groups is 1. The number of ether oxygens (including phenoxy) is 1. The van der Waals surface area contributed by atoms with Gasteiger partial charge in [-0.25, -0.2) is 9.69 Å². The molecule has 3 aromatic rings. The van der Waals surface area contributed by atoms with Crippen LogP contribution < -0.4 is 19.1 Å². The number of amides is 4. The number of nitrogens with zero attached hydrogens (tertiary/aromatic N) is 2. The van der Waals surface area contributed by atoms with Gasteiger partial charge >= 0.3 is 16.1 Å². The van der Waals surface area contributed by atoms with Crippen molar-refractivity contribution < 1.29 is 36.6 Å². The number of imide groups is 2. The van der Waals surface area contributed by atoms with Gasteiger partial charge in [-0.15, -0.1) is 0 Å². The molecule has 1 aliphatic rings. The van der Waals surface area contributed by atoms with Crippen LogP contribution in [0.3, 0.4) is 0 Å². The average molecular weight is 663 g/mol. The lowest BCUT2D eigenvalue weighted by Crippen LogP contribution is -2.54. The number of benzene rings is 3. The number of barbiturate groups is 1. The van der Waals surface area contributed by atoms with E-state index in [0.717, 1.165) is 12.1 Å². The molecule has 0 radical (unpaired) electrons. The maximum atomic E-state index is 13.2. The Labute approximate surface area is 235 Å². The van der Waals surface area contributed by atoms with Crippen molar-refractivity contribution in [1.82, 2.24) is 5.32 Å². The fourth-order valence-electron chi connectivity index (χ4n) is 3.54. The van der Waals surface area contributed by atoms with Crippen LogP contribution in [0.1, 0.15) is 12.5 Å². The molecular weight excluding hydrogens is 645 g/mol. The molecule has 1 heterocycles. The van der Waals surface area contributed by atoms with E-state index in [1.165, 1.54) is 42.5 Å². The van der Waals surface area contributed by atoms with Crippen LogP contribution in [0, 0.1) is 13.7 Å². The van der Waals surface area contributed by atoms with Crippen molar-refractivity contribution in [3.63, 3.8) is 0 Å². The lowest BCUT2D eigenvalue weighted by molar-refractivity contribution is -0.384. The second-order valence-electron chi connectivity index (χ2n) is 7.84. The summed E-state index contributed by atoms with van der Waals surface area (Å²) in [6.07, 6.45) is 1.21. The molecule has 12 nitrogen and oxygen atoms in total. The number of carbonyl (C=O) groups excluding carboxylic acids is 3. The number of nitrogens with one attached hydrogen (secondary N) is 1. The number of anilines is 1. The molecule has 4 amide bonds. The SMILES string of the molecule is CCOc1cc(/C=C2\C(=O)NC(=O)N(c3ccc([N+](=O)[O-])cc3)C2=O)cc(I)c1OS(=O)(=O)c1ccccc1. The molecule has 14 heteroatoms. The standard InChI is InChI=1S/C25H18IN3O9S/c1-2-37-21-14-15(13-20(26)22(21)38-39(35,36)18-6-4-3-5-7-18)12-19-23(30)27-25(32)28(24(19)31)16-8-10-17(11-9-16)29(33)34/h3-14H,2H2,1H3,(H,27,30,32)/b19-12+. The maximum absolute atomic E-state index is 13.2. The Morgan fingerprint density at radius 2 is 1.72 bits per heavy atom. The van der Waals surface area contributed by atoms with Crippen molar-refractivity contribution in [1.29, 1.82) is 0 Å². The van der Waals surface area contributed by atoms with Crippen molar-refractivity contribution in [2.45, 2.75) is 11.8 Å². The highest BCUT2D eigenvalue weighted by Crippen LogP contribution is 2.37. The average Bonchev–Trinajstić information content (AvgIpc) is 2.89. The second kappa shape index (κ2) is 11.2. The second-order valence-corrected chi connectivity index (χ2v) is 10.6. The molecule has 1 N–H and O–H groups in total. The van der Waals surface area contributed by atoms with Crippen LogP contribution in [0.15, 0.2) is 77.2 Å². The van der Waals surface area contributed by atoms with E-state index >= 15 is 0 Å². The van der Waals surface area contributed by atoms with Gasteiger partial charge in [-0.3, -0.25) is 25.0 Å². The summed E-state index contributed by atoms with van der Waals surface area (Å²) in [6.45, 7) is 1.83. The summed E-state index contributed by atoms with van der Waals surface area (Å²) < 4.78 is 36.9. The van der Waals surface area contributed by atoms with Crippen molar-refractivity contribution in [2.24, 2.45) is 0 Å². The summed E-state index contributed by atoms with van der Waals surface area (Å²) in [4.78, 5) is 49.1. The summed E-state index contributed by atoms with van der Waals surface area (Å²) in [5, 5.41) is 13.0. The molecule has 1 aliphatic heterocycles. The molecule has 1 saturated heterocycles. The molecule has 0 aliphatic carbocycles. The van der Waals surface area contributed by atoms with Gasteiger partial charge < -0.3 is 8.92 Å². The molecule has 4 rings (SSSR count). The highest BCUT2D eigenvalue weighted by Gasteiger charge is 2.37. The molecule has 0 spiro atoms. The van der Waals surface area contributed by atoms with Gasteiger partial charge in [0.2, 0.25) is 0 Å². The van der Waals surface area contributed by atoms with E-state index in [-0.39, 0.29) is 39.9 Å². The molecule has 3 aromatic carbocycles. The summed E-state index contributed by atoms with van der Waals surface area (Å²) in [5.74, 6) is -1.95. The van der Waals surface area contributed by atoms with Crippen LogP contribution in [0.25, 0.3) is 6.08 Å². The van der Waals surface area contributed by atoms with Gasteiger partial charge in [-0.2, -0.15) is 8.42 Å². The third-order valence-electron chi connectivity index (χ3n) is 5.29. The number of rotatable bonds is 8. The minimum Gasteiger partial charge on any atom is -0.490 e. The van der Waals surface area contributed by atoms with Crippen LogP contribution >= 0.6 is 22.6 Å². The van der Waals surface area contributed by atoms with E-state index in [1.807, 2.05) is 22.6 Å². The Morgan fingerprint density at radius 3 is 2.33 bits per heavy atom. The first-order valence-corrected chi connectivity index (χ1v) is 13.6. The van der Waals surface area contributed by atoms with E-state index in [4.69, 9.17) is 8.92 Å². The van der Waals surface area contributed by atoms with Crippen molar-refractivity contribution in [3.8, 4) is 11.5 Å². The number of nitro benzene ring substituents is 1. The minimum atomic E-state index is -4.19. The summed E-state index contributed by atoms with van der Waals surface area (Å²) in [7, 11) is -4.19. The predicted molar refractivity (Wildman–Crippen MR) is 147 cm³/mol. The fourth-order valence-corrected chi connectivity index (χ4v) is 5.41. The van der Waals surface area contributed by atoms with Crippen LogP contribution in [0.2, 0.25) is 0 Å². The lowest BCUT2D eigenvalue weighted by Gasteiger charge is -2.26. The summed E-state index contributed by atoms with van der Waals surface area (Å²) in [5.41, 5.74) is -0.355. The van der Waals surface area contributed by atoms with Crippen LogP contribution in [0.4, 0.5) is 16.2 Å². The Balaban J connectivity index is 1.71. The van der Waals surface area contributed by atoms with E-state index in [1.54, 1.807) is 25.1 Å². The normalized spacial score (nSPS) is 14.8. The van der Waals surface area contributed by atoms with Gasteiger partial charge in [0.1, 0.15) is 10.5 Å². The number of hydrogen-bond donors (Lipinski definition) is 1. The Bertz CT molecular complexity index is 1620. The van der Waals surface area contributed by atoms with Gasteiger partial charge in [-0.1, -0.05) is 18.2 Å². The first kappa shape index (κ1) is 27.7. The largest absolute Gasteiger partial charge is 0.490 e. The number of carbonyl (C=O) groups is 3. The number of halogens is 1. The van der Waals surface area contributed by atoms with Crippen molar-refractivity contribution in [2.75, 3.05) is 11.5 Å². The summed E-state index contributed by atoms with van der Waals surface area (Å²) in [6, 6.07) is 14.0. The van der Waals surface area contributed by atoms with Gasteiger partial charge in [-0.05, 0) is 77.6 Å². The van der Waals surface area contributed by atoms with Gasteiger partial charge in [0.25, 0.3) is 17.5 Å². The van der Waals surface area contributed by atoms with Crippen LogP contribution in [0.5, 0.6) is 11.5 Å². The molecule has 1 fully saturated rings. The predicted octanol–water partition coefficient (Wildman–Crippen LogP) is 4.03. The van der Waals surface area contributed by atoms with Crippen LogP contribution in [-0.2, 0) is 19.7 Å². The first-order chi connectivity index (χ1) is 18.5. The van der Waals surface area contributed by atoms with Gasteiger partial charge in [0, 0.05) is 12.1 Å². The first-order valence-electron chi connectivity index (χ1n) is 11.1. The third kappa shape index (κ3) is 5.91. The zero-order valence-corrected chi connectivity index (χ0v) is 23.0. The molecule has 0 unspecified atom stereocenters. The van der Waals surface area contributed by atoms with Crippen molar-refractivity contribution in [3.05, 3.63) is 91.6 Å². The van der Waals surface area contributed by atoms with Crippen molar-refractivity contribution >= 4 is 68.0 Å². The monoisotopic (exact) mass is 663 g/mol. The number of non-ortho nitro benzene ring substituents is 1. The molecule has 0 aromatic heterocycles. The highest BCUT2D eigenvalue weighted by molar-refractivity contribution is 14.1. The Morgan fingerprint density at radius 1 is 1.05 bits per heavy atom. The van der Waals surface area contributed by atoms with E-state index < -0.39 is 38.5 Å². The number of urea groups is 1. The Kier molecular flexibility index (Phi) is 7.96. The topological polar surface area (TPSA) is 162 Å². The number of hydrogen-bond acceptors (Lipinski definition) is 9. The molecule has 200 valence electrons. The lowest BCUT2D eigenvalue weighted by atomic mass is 10.1. The molecule has 0 bridgehead atoms. The van der Waals surface area contributed by atoms with E-state index in [2.05, 4.69) is 5.32 Å². The third-order valence-corrected chi connectivity index (χ3v) is 7.32. The van der Waals surface area contributed by atoms with Gasteiger partial charge in [0.15, 0.2) is 11.5 Å². The zero-order valence-electron chi connectivity index (χ0n) is 20.0. The minimum absolute atomic E-state index is 0.0148. The van der Waals surface area contributed by atoms with E-state index in [0.29, 0.717) is 8.47 Å². The quantitative estimate of drug-likeness (QED) is 0.0937. The molecule has 0 saturated carbocycles. The Hall–Kier alpha value is -4.31. The van der Waals surface area contributed by atoms with Crippen LogP contribution in [-0.4, -0.2) is 37.8 Å². The highest BCUT2D eigenvalue weighted by atomic mass is 127. The fraction of sp³-hybridized carbons (Fsp3) is 0.0800. The maximum Gasteiger partial charge on any atom is 0.339 e. The smallest absolute Gasteiger partial charge is 0.339 e. The molecule has 39 heavy (non-hydrogen) atoms. The zero-order chi connectivity index (χ0) is 28.3. The van der Waals surface area contributed by atoms with E-state index in [9.17, 15) is 32.9 Å². The molecular formula is C25H18IN3O9S. The summed E-state index contributed by atoms with van der Waals surface area (Å²) >= 11 is 1.84. The molecule has 0 atom stereocenters.